The van der Waals surface area contributed by atoms with Crippen LogP contribution in [0.15, 0.2) is 24.3 Å². The zero-order valence-electron chi connectivity index (χ0n) is 12.4. The fourth-order valence-electron chi connectivity index (χ4n) is 3.02. The molecule has 2 fully saturated rings. The number of nitrogens with one attached hydrogen (secondary N) is 1. The Morgan fingerprint density at radius 2 is 2.19 bits per heavy atom. The van der Waals surface area contributed by atoms with Crippen molar-refractivity contribution in [2.45, 2.75) is 32.2 Å². The van der Waals surface area contributed by atoms with Crippen LogP contribution in [0.3, 0.4) is 0 Å². The lowest BCUT2D eigenvalue weighted by Crippen LogP contribution is -2.43. The number of nitrogens with zero attached hydrogens (tertiary/aromatic N) is 1. The Hall–Kier alpha value is -1.42. The molecule has 0 radical (unpaired) electrons. The number of amides is 1. The van der Waals surface area contributed by atoms with Crippen LogP contribution in [0, 0.1) is 17.7 Å². The van der Waals surface area contributed by atoms with Crippen LogP contribution in [0.4, 0.5) is 4.39 Å². The molecule has 0 unspecified atom stereocenters. The Bertz CT molecular complexity index is 501. The van der Waals surface area contributed by atoms with Gasteiger partial charge in [0, 0.05) is 19.6 Å². The molecule has 0 spiro atoms. The number of rotatable bonds is 5. The Balaban J connectivity index is 1.51. The molecule has 1 amide bonds. The number of hydrogen-bond donors (Lipinski definition) is 1. The number of likely N-dealkylation sites (tertiary alicyclic amines) is 1. The topological polar surface area (TPSA) is 32.3 Å². The van der Waals surface area contributed by atoms with E-state index in [1.165, 1.54) is 18.9 Å². The second-order valence-corrected chi connectivity index (χ2v) is 6.39. The predicted molar refractivity (Wildman–Crippen MR) is 80.1 cm³/mol. The van der Waals surface area contributed by atoms with Crippen LogP contribution in [-0.2, 0) is 11.3 Å². The lowest BCUT2D eigenvalue weighted by Gasteiger charge is -2.32. The zero-order valence-corrected chi connectivity index (χ0v) is 12.4. The molecule has 1 aliphatic heterocycles. The molecule has 0 bridgehead atoms. The van der Waals surface area contributed by atoms with E-state index >= 15 is 0 Å². The van der Waals surface area contributed by atoms with E-state index in [4.69, 9.17) is 0 Å². The fourth-order valence-corrected chi connectivity index (χ4v) is 3.02. The van der Waals surface area contributed by atoms with Crippen LogP contribution >= 0.6 is 0 Å². The molecule has 1 aromatic rings. The van der Waals surface area contributed by atoms with Crippen molar-refractivity contribution in [3.63, 3.8) is 0 Å². The maximum absolute atomic E-state index is 13.2. The summed E-state index contributed by atoms with van der Waals surface area (Å²) in [5, 5.41) is 3.08. The number of carbonyl (C=O) groups excluding carboxylic acids is 1. The van der Waals surface area contributed by atoms with Gasteiger partial charge in [-0.15, -0.1) is 0 Å². The highest BCUT2D eigenvalue weighted by Crippen LogP contribution is 2.28. The summed E-state index contributed by atoms with van der Waals surface area (Å²) in [6.45, 7) is 3.35. The van der Waals surface area contributed by atoms with Crippen LogP contribution in [0.1, 0.15) is 31.2 Å². The average molecular weight is 290 g/mol. The minimum absolute atomic E-state index is 0.0889. The average Bonchev–Trinajstić information content (AvgIpc) is 3.29. The van der Waals surface area contributed by atoms with E-state index in [0.717, 1.165) is 50.5 Å². The van der Waals surface area contributed by atoms with Crippen LogP contribution in [0.5, 0.6) is 0 Å². The summed E-state index contributed by atoms with van der Waals surface area (Å²) in [7, 11) is 0. The van der Waals surface area contributed by atoms with Gasteiger partial charge in [0.2, 0.25) is 5.91 Å². The van der Waals surface area contributed by atoms with Crippen molar-refractivity contribution in [3.05, 3.63) is 35.6 Å². The minimum atomic E-state index is -0.191. The monoisotopic (exact) mass is 290 g/mol. The number of halogens is 1. The van der Waals surface area contributed by atoms with Crippen LogP contribution in [-0.4, -0.2) is 30.4 Å². The third-order valence-electron chi connectivity index (χ3n) is 4.43. The van der Waals surface area contributed by atoms with Gasteiger partial charge in [-0.1, -0.05) is 12.1 Å². The maximum Gasteiger partial charge on any atom is 0.224 e. The quantitative estimate of drug-likeness (QED) is 0.904. The minimum Gasteiger partial charge on any atom is -0.356 e. The molecule has 3 rings (SSSR count). The Labute approximate surface area is 125 Å². The van der Waals surface area contributed by atoms with Crippen molar-refractivity contribution in [3.8, 4) is 0 Å². The van der Waals surface area contributed by atoms with Crippen molar-refractivity contribution in [1.29, 1.82) is 0 Å². The lowest BCUT2D eigenvalue weighted by molar-refractivity contribution is -0.126. The smallest absolute Gasteiger partial charge is 0.224 e. The number of benzene rings is 1. The van der Waals surface area contributed by atoms with E-state index in [1.54, 1.807) is 12.1 Å². The van der Waals surface area contributed by atoms with E-state index in [2.05, 4.69) is 10.2 Å². The first-order chi connectivity index (χ1) is 10.2. The molecule has 21 heavy (non-hydrogen) atoms. The lowest BCUT2D eigenvalue weighted by atomic mass is 9.96. The molecule has 1 aromatic carbocycles. The van der Waals surface area contributed by atoms with Gasteiger partial charge in [0.1, 0.15) is 5.82 Å². The van der Waals surface area contributed by atoms with Gasteiger partial charge < -0.3 is 5.32 Å². The van der Waals surface area contributed by atoms with E-state index in [1.807, 2.05) is 6.07 Å². The third-order valence-corrected chi connectivity index (χ3v) is 4.43. The molecule has 1 saturated carbocycles. The van der Waals surface area contributed by atoms with Crippen molar-refractivity contribution >= 4 is 5.91 Å². The van der Waals surface area contributed by atoms with Crippen LogP contribution in [0.25, 0.3) is 0 Å². The van der Waals surface area contributed by atoms with E-state index < -0.39 is 0 Å². The molecule has 1 N–H and O–H groups in total. The standard InChI is InChI=1S/C17H23FN2O/c18-16-5-1-3-14(9-16)11-20-8-2-4-15(12-20)17(21)19-10-13-6-7-13/h1,3,5,9,13,15H,2,4,6-8,10-12H2,(H,19,21)/t15-/m0/s1. The molecule has 0 aromatic heterocycles. The van der Waals surface area contributed by atoms with E-state index in [-0.39, 0.29) is 17.6 Å². The van der Waals surface area contributed by atoms with Crippen molar-refractivity contribution in [1.82, 2.24) is 10.2 Å². The van der Waals surface area contributed by atoms with Gasteiger partial charge in [0.25, 0.3) is 0 Å². The first-order valence-electron chi connectivity index (χ1n) is 7.95. The van der Waals surface area contributed by atoms with Crippen molar-refractivity contribution < 1.29 is 9.18 Å². The second kappa shape index (κ2) is 6.56. The maximum atomic E-state index is 13.2. The molecule has 1 heterocycles. The summed E-state index contributed by atoms with van der Waals surface area (Å²) >= 11 is 0. The number of carbonyl (C=O) groups is 1. The summed E-state index contributed by atoms with van der Waals surface area (Å²) in [5.41, 5.74) is 0.981. The first kappa shape index (κ1) is 14.5. The SMILES string of the molecule is O=C(NCC1CC1)[C@H]1CCCN(Cc2cccc(F)c2)C1. The van der Waals surface area contributed by atoms with Gasteiger partial charge in [-0.3, -0.25) is 9.69 Å². The Morgan fingerprint density at radius 1 is 1.33 bits per heavy atom. The van der Waals surface area contributed by atoms with Crippen molar-refractivity contribution in [2.24, 2.45) is 11.8 Å². The van der Waals surface area contributed by atoms with Gasteiger partial charge in [-0.05, 0) is 55.8 Å². The number of hydrogen-bond acceptors (Lipinski definition) is 2. The van der Waals surface area contributed by atoms with Gasteiger partial charge >= 0.3 is 0 Å². The van der Waals surface area contributed by atoms with E-state index in [0.29, 0.717) is 0 Å². The Morgan fingerprint density at radius 3 is 2.95 bits per heavy atom. The summed E-state index contributed by atoms with van der Waals surface area (Å²) < 4.78 is 13.2. The molecule has 114 valence electrons. The predicted octanol–water partition coefficient (Wildman–Crippen LogP) is 2.56. The number of piperidine rings is 1. The molecule has 2 aliphatic rings. The molecule has 1 aliphatic carbocycles. The third kappa shape index (κ3) is 4.27. The van der Waals surface area contributed by atoms with Gasteiger partial charge in [0.15, 0.2) is 0 Å². The van der Waals surface area contributed by atoms with Crippen LogP contribution < -0.4 is 5.32 Å². The summed E-state index contributed by atoms with van der Waals surface area (Å²) in [4.78, 5) is 14.4. The summed E-state index contributed by atoms with van der Waals surface area (Å²) in [6.07, 6.45) is 4.53. The molecular formula is C17H23FN2O. The first-order valence-corrected chi connectivity index (χ1v) is 7.95. The van der Waals surface area contributed by atoms with Crippen molar-refractivity contribution in [2.75, 3.05) is 19.6 Å². The van der Waals surface area contributed by atoms with Crippen LogP contribution in [0.2, 0.25) is 0 Å². The second-order valence-electron chi connectivity index (χ2n) is 6.39. The molecule has 1 atom stereocenters. The highest BCUT2D eigenvalue weighted by molar-refractivity contribution is 5.79. The Kier molecular flexibility index (Phi) is 4.54. The largest absolute Gasteiger partial charge is 0.356 e. The summed E-state index contributed by atoms with van der Waals surface area (Å²) in [5.74, 6) is 0.820. The highest BCUT2D eigenvalue weighted by Gasteiger charge is 2.27. The molecule has 3 nitrogen and oxygen atoms in total. The molecule has 1 saturated heterocycles. The van der Waals surface area contributed by atoms with Gasteiger partial charge in [0.05, 0.1) is 5.92 Å². The van der Waals surface area contributed by atoms with Gasteiger partial charge in [-0.2, -0.15) is 0 Å². The normalized spacial score (nSPS) is 23.0. The molecule has 4 heteroatoms. The van der Waals surface area contributed by atoms with E-state index in [9.17, 15) is 9.18 Å². The highest BCUT2D eigenvalue weighted by atomic mass is 19.1. The molecular weight excluding hydrogens is 267 g/mol. The fraction of sp³-hybridized carbons (Fsp3) is 0.588. The van der Waals surface area contributed by atoms with Gasteiger partial charge in [-0.25, -0.2) is 4.39 Å². The zero-order chi connectivity index (χ0) is 14.7. The summed E-state index contributed by atoms with van der Waals surface area (Å²) in [6, 6.07) is 6.74.